The van der Waals surface area contributed by atoms with Crippen molar-refractivity contribution in [1.29, 1.82) is 0 Å². The van der Waals surface area contributed by atoms with E-state index in [0.29, 0.717) is 37.0 Å². The molecule has 0 unspecified atom stereocenters. The lowest BCUT2D eigenvalue weighted by molar-refractivity contribution is -0.139. The van der Waals surface area contributed by atoms with Gasteiger partial charge in [-0.05, 0) is 69.0 Å². The van der Waals surface area contributed by atoms with Crippen LogP contribution in [0.2, 0.25) is 0 Å². The molecule has 1 saturated carbocycles. The Balaban J connectivity index is 1.82. The lowest BCUT2D eigenvalue weighted by atomic mass is 9.88. The smallest absolute Gasteiger partial charge is 0.341 e. The van der Waals surface area contributed by atoms with Crippen molar-refractivity contribution in [3.05, 3.63) is 59.4 Å². The van der Waals surface area contributed by atoms with Crippen molar-refractivity contribution < 1.29 is 19.4 Å². The summed E-state index contributed by atoms with van der Waals surface area (Å²) in [6.07, 6.45) is 6.84. The summed E-state index contributed by atoms with van der Waals surface area (Å²) in [5.41, 5.74) is 1.01. The van der Waals surface area contributed by atoms with Gasteiger partial charge in [-0.1, -0.05) is 35.2 Å². The Morgan fingerprint density at radius 2 is 1.94 bits per heavy atom. The van der Waals surface area contributed by atoms with E-state index in [1.54, 1.807) is 18.3 Å². The first-order valence-corrected chi connectivity index (χ1v) is 13.3. The molecule has 0 atom stereocenters. The fraction of sp³-hybridized carbons (Fsp3) is 0.333. The SMILES string of the molecule is COc1cc(C=Nn2c(C3CCCCC3)nc3ccc(Br)cc3c2=O)c(Br)c(Br)c1OCC(=O)O. The molecule has 11 heteroatoms. The van der Waals surface area contributed by atoms with Gasteiger partial charge in [0.05, 0.1) is 28.7 Å². The molecule has 0 bridgehead atoms. The molecule has 2 aromatic carbocycles. The fourth-order valence-corrected chi connectivity index (χ4v) is 5.44. The summed E-state index contributed by atoms with van der Waals surface area (Å²) in [6.45, 7) is -0.521. The van der Waals surface area contributed by atoms with Crippen LogP contribution >= 0.6 is 47.8 Å². The Labute approximate surface area is 226 Å². The highest BCUT2D eigenvalue weighted by molar-refractivity contribution is 9.13. The van der Waals surface area contributed by atoms with E-state index >= 15 is 0 Å². The highest BCUT2D eigenvalue weighted by atomic mass is 79.9. The lowest BCUT2D eigenvalue weighted by Crippen LogP contribution is -2.25. The summed E-state index contributed by atoms with van der Waals surface area (Å²) in [5.74, 6) is 0.271. The number of carbonyl (C=O) groups is 1. The molecule has 8 nitrogen and oxygen atoms in total. The van der Waals surface area contributed by atoms with Gasteiger partial charge in [-0.3, -0.25) is 4.79 Å². The van der Waals surface area contributed by atoms with Gasteiger partial charge >= 0.3 is 5.97 Å². The Bertz CT molecular complexity index is 1370. The number of halogens is 3. The van der Waals surface area contributed by atoms with E-state index in [-0.39, 0.29) is 17.2 Å². The summed E-state index contributed by atoms with van der Waals surface area (Å²) in [7, 11) is 1.46. The monoisotopic (exact) mass is 669 g/mol. The Morgan fingerprint density at radius 3 is 2.63 bits per heavy atom. The number of hydrogen-bond acceptors (Lipinski definition) is 6. The predicted molar refractivity (Wildman–Crippen MR) is 144 cm³/mol. The number of rotatable bonds is 7. The minimum Gasteiger partial charge on any atom is -0.493 e. The Kier molecular flexibility index (Phi) is 8.28. The number of aliphatic carboxylic acids is 1. The summed E-state index contributed by atoms with van der Waals surface area (Å²) in [6, 6.07) is 7.13. The molecule has 184 valence electrons. The predicted octanol–water partition coefficient (Wildman–Crippen LogP) is 6.09. The Hall–Kier alpha value is -2.24. The summed E-state index contributed by atoms with van der Waals surface area (Å²) >= 11 is 10.4. The second kappa shape index (κ2) is 11.2. The van der Waals surface area contributed by atoms with E-state index in [4.69, 9.17) is 19.6 Å². The van der Waals surface area contributed by atoms with E-state index in [9.17, 15) is 9.59 Å². The molecule has 1 N–H and O–H groups in total. The first-order valence-electron chi connectivity index (χ1n) is 11.0. The molecule has 1 fully saturated rings. The molecule has 1 heterocycles. The van der Waals surface area contributed by atoms with Gasteiger partial charge in [0.15, 0.2) is 18.1 Å². The number of nitrogens with zero attached hydrogens (tertiary/aromatic N) is 3. The molecular formula is C24H22Br3N3O5. The fourth-order valence-electron chi connectivity index (χ4n) is 4.14. The summed E-state index contributed by atoms with van der Waals surface area (Å²) in [5, 5.41) is 14.0. The zero-order valence-corrected chi connectivity index (χ0v) is 23.5. The van der Waals surface area contributed by atoms with Crippen LogP contribution in [-0.4, -0.2) is 40.7 Å². The minimum absolute atomic E-state index is 0.151. The van der Waals surface area contributed by atoms with Crippen LogP contribution in [-0.2, 0) is 4.79 Å². The molecule has 0 spiro atoms. The maximum absolute atomic E-state index is 13.5. The topological polar surface area (TPSA) is 103 Å². The summed E-state index contributed by atoms with van der Waals surface area (Å²) < 4.78 is 14.0. The van der Waals surface area contributed by atoms with Gasteiger partial charge in [0.25, 0.3) is 5.56 Å². The lowest BCUT2D eigenvalue weighted by Gasteiger charge is -2.22. The molecule has 0 radical (unpaired) electrons. The van der Waals surface area contributed by atoms with E-state index in [1.807, 2.05) is 12.1 Å². The maximum Gasteiger partial charge on any atom is 0.341 e. The van der Waals surface area contributed by atoms with Gasteiger partial charge in [-0.15, -0.1) is 0 Å². The van der Waals surface area contributed by atoms with E-state index < -0.39 is 12.6 Å². The highest BCUT2D eigenvalue weighted by Gasteiger charge is 2.23. The molecule has 1 aliphatic rings. The van der Waals surface area contributed by atoms with Crippen LogP contribution < -0.4 is 15.0 Å². The standard InChI is InChI=1S/C24H22Br3N3O5/c1-34-18-9-14(20(26)21(27)22(18)35-12-19(31)32)11-28-30-23(13-5-3-2-4-6-13)29-17-8-7-15(25)10-16(17)24(30)33/h7-11,13H,2-6,12H2,1H3,(H,31,32). The normalized spacial score (nSPS) is 14.5. The zero-order valence-electron chi connectivity index (χ0n) is 18.8. The number of carboxylic acid groups (broad SMARTS) is 1. The van der Waals surface area contributed by atoms with Gasteiger partial charge < -0.3 is 14.6 Å². The van der Waals surface area contributed by atoms with Crippen LogP contribution in [0.4, 0.5) is 0 Å². The number of hydrogen-bond donors (Lipinski definition) is 1. The highest BCUT2D eigenvalue weighted by Crippen LogP contribution is 2.42. The molecule has 0 saturated heterocycles. The van der Waals surface area contributed by atoms with Crippen LogP contribution in [0.25, 0.3) is 10.9 Å². The maximum atomic E-state index is 13.5. The third kappa shape index (κ3) is 5.62. The van der Waals surface area contributed by atoms with Gasteiger partial charge in [0.1, 0.15) is 5.82 Å². The molecule has 0 amide bonds. The van der Waals surface area contributed by atoms with Crippen molar-refractivity contribution in [2.45, 2.75) is 38.0 Å². The summed E-state index contributed by atoms with van der Waals surface area (Å²) in [4.78, 5) is 29.3. The van der Waals surface area contributed by atoms with Crippen molar-refractivity contribution in [3.63, 3.8) is 0 Å². The van der Waals surface area contributed by atoms with Gasteiger partial charge in [0, 0.05) is 20.4 Å². The van der Waals surface area contributed by atoms with E-state index in [1.165, 1.54) is 18.2 Å². The third-order valence-corrected chi connectivity index (χ3v) is 8.47. The van der Waals surface area contributed by atoms with Crippen molar-refractivity contribution in [3.8, 4) is 11.5 Å². The second-order valence-electron chi connectivity index (χ2n) is 8.14. The van der Waals surface area contributed by atoms with Gasteiger partial charge in [-0.2, -0.15) is 9.78 Å². The number of benzene rings is 2. The number of ether oxygens (including phenoxy) is 2. The molecule has 35 heavy (non-hydrogen) atoms. The van der Waals surface area contributed by atoms with Crippen LogP contribution in [0.3, 0.4) is 0 Å². The number of fused-ring (bicyclic) bond motifs is 1. The molecular weight excluding hydrogens is 650 g/mol. The van der Waals surface area contributed by atoms with Gasteiger partial charge in [0.2, 0.25) is 0 Å². The third-order valence-electron chi connectivity index (χ3n) is 5.83. The molecule has 0 aliphatic heterocycles. The average molecular weight is 672 g/mol. The van der Waals surface area contributed by atoms with Crippen LogP contribution in [0.15, 0.2) is 47.6 Å². The van der Waals surface area contributed by atoms with Gasteiger partial charge in [-0.25, -0.2) is 9.78 Å². The average Bonchev–Trinajstić information content (AvgIpc) is 2.85. The quantitative estimate of drug-likeness (QED) is 0.305. The number of carboxylic acids is 1. The van der Waals surface area contributed by atoms with Crippen molar-refractivity contribution in [2.24, 2.45) is 5.10 Å². The molecule has 4 rings (SSSR count). The molecule has 1 aliphatic carbocycles. The minimum atomic E-state index is -1.11. The van der Waals surface area contributed by atoms with E-state index in [0.717, 1.165) is 30.2 Å². The van der Waals surface area contributed by atoms with Crippen LogP contribution in [0.5, 0.6) is 11.5 Å². The number of aromatic nitrogens is 2. The van der Waals surface area contributed by atoms with Crippen LogP contribution in [0.1, 0.15) is 49.4 Å². The first-order chi connectivity index (χ1) is 16.8. The van der Waals surface area contributed by atoms with Crippen LogP contribution in [0, 0.1) is 0 Å². The molecule has 3 aromatic rings. The molecule has 1 aromatic heterocycles. The van der Waals surface area contributed by atoms with Crippen molar-refractivity contribution in [1.82, 2.24) is 9.66 Å². The number of methoxy groups -OCH3 is 1. The zero-order chi connectivity index (χ0) is 25.1. The largest absolute Gasteiger partial charge is 0.493 e. The van der Waals surface area contributed by atoms with Crippen molar-refractivity contribution >= 4 is 70.9 Å². The van der Waals surface area contributed by atoms with Crippen molar-refractivity contribution in [2.75, 3.05) is 13.7 Å². The second-order valence-corrected chi connectivity index (χ2v) is 10.6. The Morgan fingerprint density at radius 1 is 1.20 bits per heavy atom. The first kappa shape index (κ1) is 25.8. The van der Waals surface area contributed by atoms with E-state index in [2.05, 4.69) is 52.9 Å².